The van der Waals surface area contributed by atoms with Gasteiger partial charge in [-0.3, -0.25) is 0 Å². The zero-order chi connectivity index (χ0) is 15.0. The summed E-state index contributed by atoms with van der Waals surface area (Å²) in [5, 5.41) is 8.69. The molecule has 0 atom stereocenters. The molecular weight excluding hydrogens is 276 g/mol. The molecule has 0 bridgehead atoms. The lowest BCUT2D eigenvalue weighted by Crippen LogP contribution is -2.29. The number of benzene rings is 1. The minimum Gasteiger partial charge on any atom is -0.396 e. The third-order valence-corrected chi connectivity index (χ3v) is 5.01. The minimum absolute atomic E-state index is 0.00264. The van der Waals surface area contributed by atoms with Gasteiger partial charge in [0.1, 0.15) is 0 Å². The highest BCUT2D eigenvalue weighted by atomic mass is 32.2. The number of aliphatic hydroxyl groups is 1. The molecule has 0 saturated carbocycles. The first-order valence-electron chi connectivity index (χ1n) is 6.82. The van der Waals surface area contributed by atoms with E-state index in [0.29, 0.717) is 19.5 Å². The van der Waals surface area contributed by atoms with Crippen molar-refractivity contribution in [2.24, 2.45) is 5.73 Å². The molecule has 3 N–H and O–H groups in total. The van der Waals surface area contributed by atoms with E-state index < -0.39 is 10.0 Å². The molecule has 0 aliphatic rings. The molecule has 0 aliphatic heterocycles. The first-order valence-corrected chi connectivity index (χ1v) is 8.43. The van der Waals surface area contributed by atoms with Crippen LogP contribution in [0.2, 0.25) is 0 Å². The predicted octanol–water partition coefficient (Wildman–Crippen LogP) is 1.07. The first-order chi connectivity index (χ1) is 9.49. The second-order valence-electron chi connectivity index (χ2n) is 4.89. The molecule has 114 valence electrons. The van der Waals surface area contributed by atoms with Crippen molar-refractivity contribution in [2.75, 3.05) is 20.2 Å². The Morgan fingerprint density at radius 2 is 1.90 bits per heavy atom. The molecular formula is C14H24N2O3S. The fourth-order valence-electron chi connectivity index (χ4n) is 1.93. The zero-order valence-electron chi connectivity index (χ0n) is 12.0. The molecule has 0 amide bonds. The summed E-state index contributed by atoms with van der Waals surface area (Å²) >= 11 is 0. The van der Waals surface area contributed by atoms with Crippen LogP contribution in [0.15, 0.2) is 24.3 Å². The number of aliphatic hydroxyl groups excluding tert-OH is 1. The van der Waals surface area contributed by atoms with Crippen LogP contribution in [0, 0.1) is 0 Å². The van der Waals surface area contributed by atoms with Crippen molar-refractivity contribution in [2.45, 2.75) is 31.6 Å². The van der Waals surface area contributed by atoms with E-state index in [-0.39, 0.29) is 12.4 Å². The molecule has 0 fully saturated rings. The number of hydrogen-bond donors (Lipinski definition) is 2. The Hall–Kier alpha value is -0.950. The molecule has 0 aromatic heterocycles. The number of hydrogen-bond acceptors (Lipinski definition) is 4. The molecule has 6 heteroatoms. The van der Waals surface area contributed by atoms with Crippen molar-refractivity contribution < 1.29 is 13.5 Å². The average Bonchev–Trinajstić information content (AvgIpc) is 2.43. The summed E-state index contributed by atoms with van der Waals surface area (Å²) in [5.41, 5.74) is 7.25. The van der Waals surface area contributed by atoms with Crippen LogP contribution in [0.4, 0.5) is 0 Å². The number of sulfonamides is 1. The number of unbranched alkanes of at least 4 members (excludes halogenated alkanes) is 2. The second kappa shape index (κ2) is 8.36. The van der Waals surface area contributed by atoms with Crippen LogP contribution in [0.1, 0.15) is 30.4 Å². The standard InChI is InChI=1S/C14H24N2O3S/c1-16(8-3-2-4-9-17)20(18,19)12-14-7-5-6-13(10-14)11-15/h5-7,10,17H,2-4,8-9,11-12,15H2,1H3. The van der Waals surface area contributed by atoms with E-state index in [2.05, 4.69) is 0 Å². The molecule has 20 heavy (non-hydrogen) atoms. The Kier molecular flexibility index (Phi) is 7.15. The molecule has 5 nitrogen and oxygen atoms in total. The summed E-state index contributed by atoms with van der Waals surface area (Å²) in [6, 6.07) is 7.34. The van der Waals surface area contributed by atoms with E-state index in [1.54, 1.807) is 13.1 Å². The molecule has 0 radical (unpaired) electrons. The highest BCUT2D eigenvalue weighted by Gasteiger charge is 2.18. The van der Waals surface area contributed by atoms with Gasteiger partial charge in [0.25, 0.3) is 0 Å². The third-order valence-electron chi connectivity index (χ3n) is 3.18. The van der Waals surface area contributed by atoms with E-state index in [9.17, 15) is 8.42 Å². The van der Waals surface area contributed by atoms with Gasteiger partial charge in [-0.05, 0) is 30.4 Å². The lowest BCUT2D eigenvalue weighted by atomic mass is 10.1. The van der Waals surface area contributed by atoms with Gasteiger partial charge in [-0.25, -0.2) is 12.7 Å². The fraction of sp³-hybridized carbons (Fsp3) is 0.571. The smallest absolute Gasteiger partial charge is 0.218 e. The van der Waals surface area contributed by atoms with Crippen LogP contribution in [0.5, 0.6) is 0 Å². The molecule has 1 aromatic carbocycles. The van der Waals surface area contributed by atoms with Crippen molar-refractivity contribution >= 4 is 10.0 Å². The van der Waals surface area contributed by atoms with Crippen LogP contribution >= 0.6 is 0 Å². The SMILES string of the molecule is CN(CCCCCO)S(=O)(=O)Cc1cccc(CN)c1. The van der Waals surface area contributed by atoms with Crippen LogP contribution in [0.25, 0.3) is 0 Å². The van der Waals surface area contributed by atoms with Gasteiger partial charge in [-0.1, -0.05) is 24.3 Å². The second-order valence-corrected chi connectivity index (χ2v) is 6.96. The van der Waals surface area contributed by atoms with E-state index >= 15 is 0 Å². The summed E-state index contributed by atoms with van der Waals surface area (Å²) < 4.78 is 25.8. The van der Waals surface area contributed by atoms with Gasteiger partial charge in [0, 0.05) is 26.7 Å². The lowest BCUT2D eigenvalue weighted by molar-refractivity contribution is 0.281. The minimum atomic E-state index is -3.30. The topological polar surface area (TPSA) is 83.6 Å². The molecule has 0 saturated heterocycles. The maximum absolute atomic E-state index is 12.2. The quantitative estimate of drug-likeness (QED) is 0.668. The van der Waals surface area contributed by atoms with Gasteiger partial charge in [-0.2, -0.15) is 0 Å². The van der Waals surface area contributed by atoms with Crippen molar-refractivity contribution in [3.63, 3.8) is 0 Å². The Bertz CT molecular complexity index is 503. The summed E-state index contributed by atoms with van der Waals surface area (Å²) in [6.07, 6.45) is 2.31. The van der Waals surface area contributed by atoms with Crippen LogP contribution in [0.3, 0.4) is 0 Å². The predicted molar refractivity (Wildman–Crippen MR) is 80.5 cm³/mol. The number of rotatable bonds is 9. The third kappa shape index (κ3) is 5.58. The summed E-state index contributed by atoms with van der Waals surface area (Å²) in [4.78, 5) is 0. The van der Waals surface area contributed by atoms with E-state index in [4.69, 9.17) is 10.8 Å². The van der Waals surface area contributed by atoms with Gasteiger partial charge in [0.2, 0.25) is 10.0 Å². The largest absolute Gasteiger partial charge is 0.396 e. The highest BCUT2D eigenvalue weighted by Crippen LogP contribution is 2.12. The normalized spacial score (nSPS) is 12.0. The molecule has 0 aliphatic carbocycles. The van der Waals surface area contributed by atoms with Gasteiger partial charge in [-0.15, -0.1) is 0 Å². The monoisotopic (exact) mass is 300 g/mol. The molecule has 0 heterocycles. The number of nitrogens with zero attached hydrogens (tertiary/aromatic N) is 1. The van der Waals surface area contributed by atoms with Gasteiger partial charge in [0.05, 0.1) is 5.75 Å². The first kappa shape index (κ1) is 17.1. The fourth-order valence-corrected chi connectivity index (χ4v) is 3.16. The maximum atomic E-state index is 12.2. The summed E-state index contributed by atoms with van der Waals surface area (Å²) in [6.45, 7) is 1.05. The van der Waals surface area contributed by atoms with Crippen molar-refractivity contribution in [3.8, 4) is 0 Å². The maximum Gasteiger partial charge on any atom is 0.218 e. The van der Waals surface area contributed by atoms with Gasteiger partial charge < -0.3 is 10.8 Å². The molecule has 0 spiro atoms. The van der Waals surface area contributed by atoms with Crippen LogP contribution in [-0.4, -0.2) is 38.0 Å². The van der Waals surface area contributed by atoms with Crippen molar-refractivity contribution in [3.05, 3.63) is 35.4 Å². The molecule has 0 unspecified atom stereocenters. The Balaban J connectivity index is 2.59. The van der Waals surface area contributed by atoms with Crippen LogP contribution in [-0.2, 0) is 22.3 Å². The Morgan fingerprint density at radius 3 is 2.55 bits per heavy atom. The van der Waals surface area contributed by atoms with Gasteiger partial charge >= 0.3 is 0 Å². The summed E-state index contributed by atoms with van der Waals surface area (Å²) in [7, 11) is -1.70. The van der Waals surface area contributed by atoms with E-state index in [1.165, 1.54) is 4.31 Å². The lowest BCUT2D eigenvalue weighted by Gasteiger charge is -2.17. The number of nitrogens with two attached hydrogens (primary N) is 1. The molecule has 1 rings (SSSR count). The average molecular weight is 300 g/mol. The van der Waals surface area contributed by atoms with Crippen LogP contribution < -0.4 is 5.73 Å². The van der Waals surface area contributed by atoms with Crippen molar-refractivity contribution in [1.82, 2.24) is 4.31 Å². The van der Waals surface area contributed by atoms with Crippen molar-refractivity contribution in [1.29, 1.82) is 0 Å². The van der Waals surface area contributed by atoms with E-state index in [1.807, 2.05) is 18.2 Å². The Morgan fingerprint density at radius 1 is 1.20 bits per heavy atom. The van der Waals surface area contributed by atoms with E-state index in [0.717, 1.165) is 24.0 Å². The van der Waals surface area contributed by atoms with Gasteiger partial charge in [0.15, 0.2) is 0 Å². The Labute approximate surface area is 121 Å². The molecule has 1 aromatic rings. The zero-order valence-corrected chi connectivity index (χ0v) is 12.8. The summed E-state index contributed by atoms with van der Waals surface area (Å²) in [5.74, 6) is -0.00264. The highest BCUT2D eigenvalue weighted by molar-refractivity contribution is 7.88.